The summed E-state index contributed by atoms with van der Waals surface area (Å²) in [5.41, 5.74) is 2.11. The molecule has 2 aromatic rings. The average molecular weight is 237 g/mol. The van der Waals surface area contributed by atoms with E-state index < -0.39 is 0 Å². The maximum atomic E-state index is 6.34. The summed E-state index contributed by atoms with van der Waals surface area (Å²) in [4.78, 5) is 0. The molecule has 15 heavy (non-hydrogen) atoms. The summed E-state index contributed by atoms with van der Waals surface area (Å²) in [5, 5.41) is 0.582. The predicted octanol–water partition coefficient (Wildman–Crippen LogP) is 4.67. The fraction of sp³-hybridized carbons (Fsp3) is 0.0769. The Bertz CT molecular complexity index is 437. The molecule has 0 aliphatic rings. The number of hydrogen-bond donors (Lipinski definition) is 0. The molecular weight excluding hydrogens is 227 g/mol. The van der Waals surface area contributed by atoms with E-state index in [9.17, 15) is 0 Å². The molecule has 0 amide bonds. The minimum absolute atomic E-state index is 0.134. The van der Waals surface area contributed by atoms with E-state index in [4.69, 9.17) is 23.2 Å². The van der Waals surface area contributed by atoms with Crippen LogP contribution >= 0.6 is 23.2 Å². The van der Waals surface area contributed by atoms with Crippen molar-refractivity contribution in [1.29, 1.82) is 0 Å². The Morgan fingerprint density at radius 1 is 0.800 bits per heavy atom. The highest BCUT2D eigenvalue weighted by atomic mass is 35.5. The van der Waals surface area contributed by atoms with Crippen LogP contribution in [0.25, 0.3) is 0 Å². The molecule has 0 aromatic heterocycles. The Morgan fingerprint density at radius 3 is 2.13 bits per heavy atom. The van der Waals surface area contributed by atoms with Crippen LogP contribution in [-0.4, -0.2) is 0 Å². The Hall–Kier alpha value is -0.980. The van der Waals surface area contributed by atoms with Gasteiger partial charge >= 0.3 is 0 Å². The number of benzene rings is 2. The Labute approximate surface area is 99.5 Å². The second-order valence-corrected chi connectivity index (χ2v) is 4.20. The molecular formula is C13H10Cl2. The van der Waals surface area contributed by atoms with Crippen LogP contribution in [0.2, 0.25) is 5.02 Å². The summed E-state index contributed by atoms with van der Waals surface area (Å²) in [7, 11) is 0. The zero-order chi connectivity index (χ0) is 10.7. The van der Waals surface area contributed by atoms with Gasteiger partial charge < -0.3 is 0 Å². The molecule has 0 fully saturated rings. The average Bonchev–Trinajstić information content (AvgIpc) is 2.29. The summed E-state index contributed by atoms with van der Waals surface area (Å²) in [5.74, 6) is 0. The van der Waals surface area contributed by atoms with E-state index in [1.165, 1.54) is 0 Å². The number of hydrogen-bond acceptors (Lipinski definition) is 0. The van der Waals surface area contributed by atoms with Gasteiger partial charge in [0.05, 0.1) is 5.38 Å². The molecule has 0 N–H and O–H groups in total. The molecule has 0 aliphatic carbocycles. The molecule has 0 saturated heterocycles. The molecule has 2 aromatic carbocycles. The largest absolute Gasteiger partial charge is 0.113 e. The first-order valence-corrected chi connectivity index (χ1v) is 5.53. The van der Waals surface area contributed by atoms with Gasteiger partial charge in [0.25, 0.3) is 0 Å². The van der Waals surface area contributed by atoms with Gasteiger partial charge in [-0.3, -0.25) is 0 Å². The highest BCUT2D eigenvalue weighted by Crippen LogP contribution is 2.29. The number of rotatable bonds is 2. The number of alkyl halides is 1. The Kier molecular flexibility index (Phi) is 3.30. The van der Waals surface area contributed by atoms with Crippen molar-refractivity contribution < 1.29 is 0 Å². The van der Waals surface area contributed by atoms with Crippen molar-refractivity contribution in [2.24, 2.45) is 0 Å². The van der Waals surface area contributed by atoms with Crippen LogP contribution in [0.1, 0.15) is 16.5 Å². The van der Waals surface area contributed by atoms with Gasteiger partial charge in [0.2, 0.25) is 0 Å². The minimum Gasteiger partial charge on any atom is -0.113 e. The monoisotopic (exact) mass is 236 g/mol. The SMILES string of the molecule is Clc1cccc([C@H](Cl)c2ccccc2)c1. The molecule has 0 aliphatic heterocycles. The molecule has 0 bridgehead atoms. The van der Waals surface area contributed by atoms with Crippen molar-refractivity contribution in [3.05, 3.63) is 70.7 Å². The lowest BCUT2D eigenvalue weighted by Gasteiger charge is -2.10. The standard InChI is InChI=1S/C13H10Cl2/c14-12-8-4-7-11(9-12)13(15)10-5-2-1-3-6-10/h1-9,13H/t13-/m1/s1. The summed E-state index contributed by atoms with van der Waals surface area (Å²) in [6.07, 6.45) is 0. The fourth-order valence-electron chi connectivity index (χ4n) is 1.48. The lowest BCUT2D eigenvalue weighted by molar-refractivity contribution is 1.14. The maximum Gasteiger partial charge on any atom is 0.0835 e. The maximum absolute atomic E-state index is 6.34. The molecule has 2 rings (SSSR count). The van der Waals surface area contributed by atoms with E-state index in [1.807, 2.05) is 54.6 Å². The van der Waals surface area contributed by atoms with Crippen LogP contribution in [0.4, 0.5) is 0 Å². The molecule has 1 atom stereocenters. The summed E-state index contributed by atoms with van der Waals surface area (Å²) >= 11 is 12.3. The molecule has 0 nitrogen and oxygen atoms in total. The highest BCUT2D eigenvalue weighted by molar-refractivity contribution is 6.30. The van der Waals surface area contributed by atoms with Crippen molar-refractivity contribution in [3.63, 3.8) is 0 Å². The van der Waals surface area contributed by atoms with Gasteiger partial charge in [0.1, 0.15) is 0 Å². The van der Waals surface area contributed by atoms with E-state index in [1.54, 1.807) is 0 Å². The minimum atomic E-state index is -0.134. The third-order valence-corrected chi connectivity index (χ3v) is 2.97. The quantitative estimate of drug-likeness (QED) is 0.666. The second kappa shape index (κ2) is 4.69. The molecule has 0 spiro atoms. The van der Waals surface area contributed by atoms with Gasteiger partial charge in [0, 0.05) is 5.02 Å². The van der Waals surface area contributed by atoms with E-state index in [0.29, 0.717) is 5.02 Å². The molecule has 0 heterocycles. The lowest BCUT2D eigenvalue weighted by Crippen LogP contribution is -1.92. The van der Waals surface area contributed by atoms with Crippen molar-refractivity contribution in [2.45, 2.75) is 5.38 Å². The van der Waals surface area contributed by atoms with Gasteiger partial charge in [0.15, 0.2) is 0 Å². The van der Waals surface area contributed by atoms with Crippen LogP contribution < -0.4 is 0 Å². The van der Waals surface area contributed by atoms with E-state index >= 15 is 0 Å². The van der Waals surface area contributed by atoms with Crippen LogP contribution in [0.15, 0.2) is 54.6 Å². The topological polar surface area (TPSA) is 0 Å². The zero-order valence-corrected chi connectivity index (χ0v) is 9.54. The fourth-order valence-corrected chi connectivity index (χ4v) is 1.96. The van der Waals surface area contributed by atoms with E-state index in [-0.39, 0.29) is 5.38 Å². The van der Waals surface area contributed by atoms with Gasteiger partial charge in [-0.2, -0.15) is 0 Å². The first-order chi connectivity index (χ1) is 7.27. The van der Waals surface area contributed by atoms with Crippen molar-refractivity contribution in [1.82, 2.24) is 0 Å². The van der Waals surface area contributed by atoms with E-state index in [0.717, 1.165) is 11.1 Å². The molecule has 0 radical (unpaired) electrons. The van der Waals surface area contributed by atoms with Crippen LogP contribution in [0.5, 0.6) is 0 Å². The smallest absolute Gasteiger partial charge is 0.0835 e. The summed E-state index contributed by atoms with van der Waals surface area (Å²) in [6, 6.07) is 17.6. The third kappa shape index (κ3) is 2.53. The lowest BCUT2D eigenvalue weighted by atomic mass is 10.0. The van der Waals surface area contributed by atoms with Crippen LogP contribution in [0.3, 0.4) is 0 Å². The summed E-state index contributed by atoms with van der Waals surface area (Å²) < 4.78 is 0. The highest BCUT2D eigenvalue weighted by Gasteiger charge is 2.09. The third-order valence-electron chi connectivity index (χ3n) is 2.23. The Morgan fingerprint density at radius 2 is 1.47 bits per heavy atom. The van der Waals surface area contributed by atoms with Crippen molar-refractivity contribution in [2.75, 3.05) is 0 Å². The second-order valence-electron chi connectivity index (χ2n) is 3.33. The molecule has 76 valence electrons. The van der Waals surface area contributed by atoms with E-state index in [2.05, 4.69) is 0 Å². The number of halogens is 2. The van der Waals surface area contributed by atoms with Crippen molar-refractivity contribution >= 4 is 23.2 Å². The predicted molar refractivity (Wildman–Crippen MR) is 65.6 cm³/mol. The van der Waals surface area contributed by atoms with Crippen LogP contribution in [-0.2, 0) is 0 Å². The van der Waals surface area contributed by atoms with Crippen LogP contribution in [0, 0.1) is 0 Å². The van der Waals surface area contributed by atoms with Gasteiger partial charge in [-0.15, -0.1) is 11.6 Å². The molecule has 2 heteroatoms. The normalized spacial score (nSPS) is 12.4. The first-order valence-electron chi connectivity index (χ1n) is 4.72. The molecule has 0 saturated carbocycles. The van der Waals surface area contributed by atoms with Gasteiger partial charge in [-0.25, -0.2) is 0 Å². The summed E-state index contributed by atoms with van der Waals surface area (Å²) in [6.45, 7) is 0. The Balaban J connectivity index is 2.32. The van der Waals surface area contributed by atoms with Gasteiger partial charge in [-0.1, -0.05) is 54.1 Å². The van der Waals surface area contributed by atoms with Gasteiger partial charge in [-0.05, 0) is 23.3 Å². The zero-order valence-electron chi connectivity index (χ0n) is 8.03. The van der Waals surface area contributed by atoms with Crippen molar-refractivity contribution in [3.8, 4) is 0 Å². The molecule has 0 unspecified atom stereocenters. The first kappa shape index (κ1) is 10.5.